The molecule has 0 fully saturated rings. The van der Waals surface area contributed by atoms with Crippen molar-refractivity contribution in [3.63, 3.8) is 0 Å². The first-order valence-electron chi connectivity index (χ1n) is 6.70. The predicted octanol–water partition coefficient (Wildman–Crippen LogP) is 2.80. The molecule has 1 N–H and O–H groups in total. The lowest BCUT2D eigenvalue weighted by Gasteiger charge is -2.11. The van der Waals surface area contributed by atoms with Gasteiger partial charge in [-0.3, -0.25) is 0 Å². The van der Waals surface area contributed by atoms with E-state index in [-0.39, 0.29) is 0 Å². The van der Waals surface area contributed by atoms with Gasteiger partial charge >= 0.3 is 0 Å². The van der Waals surface area contributed by atoms with Gasteiger partial charge in [0, 0.05) is 29.1 Å². The van der Waals surface area contributed by atoms with Gasteiger partial charge in [0.2, 0.25) is 0 Å². The van der Waals surface area contributed by atoms with Crippen molar-refractivity contribution in [3.05, 3.63) is 40.7 Å². The van der Waals surface area contributed by atoms with Crippen LogP contribution in [0.4, 0.5) is 0 Å². The van der Waals surface area contributed by atoms with E-state index in [1.807, 2.05) is 40.0 Å². The van der Waals surface area contributed by atoms with Crippen LogP contribution in [0.3, 0.4) is 0 Å². The molecule has 20 heavy (non-hydrogen) atoms. The van der Waals surface area contributed by atoms with Crippen LogP contribution in [0.15, 0.2) is 18.2 Å². The summed E-state index contributed by atoms with van der Waals surface area (Å²) in [5.74, 6) is 1.65. The Bertz CT molecular complexity index is 600. The summed E-state index contributed by atoms with van der Waals surface area (Å²) in [5.41, 5.74) is 5.32. The molecule has 0 amide bonds. The highest BCUT2D eigenvalue weighted by molar-refractivity contribution is 5.59. The summed E-state index contributed by atoms with van der Waals surface area (Å²) in [4.78, 5) is 9.26. The maximum Gasteiger partial charge on any atom is 0.159 e. The molecule has 2 aromatic rings. The molecule has 0 atom stereocenters. The second-order valence-electron chi connectivity index (χ2n) is 4.91. The quantitative estimate of drug-likeness (QED) is 0.929. The van der Waals surface area contributed by atoms with E-state index in [1.54, 1.807) is 7.11 Å². The Hall–Kier alpha value is -1.94. The first kappa shape index (κ1) is 14.5. The Morgan fingerprint density at radius 2 is 1.75 bits per heavy atom. The van der Waals surface area contributed by atoms with Gasteiger partial charge in [0.15, 0.2) is 5.82 Å². The fourth-order valence-corrected chi connectivity index (χ4v) is 2.32. The molecule has 1 heterocycles. The Balaban J connectivity index is 2.46. The second kappa shape index (κ2) is 6.01. The number of nitrogens with zero attached hydrogens (tertiary/aromatic N) is 2. The zero-order valence-corrected chi connectivity index (χ0v) is 12.7. The zero-order chi connectivity index (χ0) is 14.7. The van der Waals surface area contributed by atoms with Crippen LogP contribution < -0.4 is 10.1 Å². The number of ether oxygens (including phenoxy) is 1. The third-order valence-corrected chi connectivity index (χ3v) is 3.43. The van der Waals surface area contributed by atoms with E-state index in [1.165, 1.54) is 5.56 Å². The zero-order valence-electron chi connectivity index (χ0n) is 12.7. The summed E-state index contributed by atoms with van der Waals surface area (Å²) < 4.78 is 5.29. The molecule has 1 aromatic carbocycles. The number of methoxy groups -OCH3 is 1. The third kappa shape index (κ3) is 2.80. The molecule has 0 aliphatic carbocycles. The van der Waals surface area contributed by atoms with E-state index in [2.05, 4.69) is 21.4 Å². The van der Waals surface area contributed by atoms with Crippen LogP contribution in [0.25, 0.3) is 11.4 Å². The molecule has 106 valence electrons. The highest BCUT2D eigenvalue weighted by Gasteiger charge is 2.10. The lowest BCUT2D eigenvalue weighted by atomic mass is 10.1. The van der Waals surface area contributed by atoms with Crippen LogP contribution in [0, 0.1) is 20.8 Å². The van der Waals surface area contributed by atoms with Crippen molar-refractivity contribution >= 4 is 0 Å². The minimum Gasteiger partial charge on any atom is -0.496 e. The van der Waals surface area contributed by atoms with Crippen molar-refractivity contribution in [1.82, 2.24) is 15.3 Å². The minimum atomic E-state index is 0.769. The SMILES string of the molecule is CNCc1c(C)nc(-c2ccc(OC)c(C)c2)nc1C. The van der Waals surface area contributed by atoms with E-state index in [0.717, 1.165) is 40.6 Å². The van der Waals surface area contributed by atoms with Gasteiger partial charge in [0.25, 0.3) is 0 Å². The lowest BCUT2D eigenvalue weighted by molar-refractivity contribution is 0.412. The number of nitrogens with one attached hydrogen (secondary N) is 1. The van der Waals surface area contributed by atoms with Gasteiger partial charge in [0.1, 0.15) is 5.75 Å². The number of aryl methyl sites for hydroxylation is 3. The molecule has 0 spiro atoms. The molecule has 0 saturated carbocycles. The average molecular weight is 271 g/mol. The summed E-state index contributed by atoms with van der Waals surface area (Å²) in [6.45, 7) is 6.87. The van der Waals surface area contributed by atoms with Crippen molar-refractivity contribution in [2.75, 3.05) is 14.2 Å². The van der Waals surface area contributed by atoms with E-state index >= 15 is 0 Å². The van der Waals surface area contributed by atoms with Crippen LogP contribution in [0.5, 0.6) is 5.75 Å². The number of hydrogen-bond acceptors (Lipinski definition) is 4. The van der Waals surface area contributed by atoms with E-state index in [9.17, 15) is 0 Å². The third-order valence-electron chi connectivity index (χ3n) is 3.43. The molecule has 0 aliphatic rings. The molecule has 1 aromatic heterocycles. The summed E-state index contributed by atoms with van der Waals surface area (Å²) in [7, 11) is 3.61. The second-order valence-corrected chi connectivity index (χ2v) is 4.91. The van der Waals surface area contributed by atoms with Gasteiger partial charge in [-0.05, 0) is 51.6 Å². The fraction of sp³-hybridized carbons (Fsp3) is 0.375. The van der Waals surface area contributed by atoms with Gasteiger partial charge < -0.3 is 10.1 Å². The number of hydrogen-bond donors (Lipinski definition) is 1. The normalized spacial score (nSPS) is 10.7. The number of benzene rings is 1. The van der Waals surface area contributed by atoms with E-state index in [0.29, 0.717) is 0 Å². The molecule has 0 aliphatic heterocycles. The van der Waals surface area contributed by atoms with Crippen LogP contribution in [0.2, 0.25) is 0 Å². The Morgan fingerprint density at radius 1 is 1.10 bits per heavy atom. The van der Waals surface area contributed by atoms with Crippen molar-refractivity contribution in [2.45, 2.75) is 27.3 Å². The maximum atomic E-state index is 5.29. The van der Waals surface area contributed by atoms with E-state index < -0.39 is 0 Å². The van der Waals surface area contributed by atoms with E-state index in [4.69, 9.17) is 4.74 Å². The first-order valence-corrected chi connectivity index (χ1v) is 6.70. The van der Waals surface area contributed by atoms with Crippen molar-refractivity contribution in [3.8, 4) is 17.1 Å². The van der Waals surface area contributed by atoms with Crippen LogP contribution in [-0.4, -0.2) is 24.1 Å². The molecule has 4 nitrogen and oxygen atoms in total. The topological polar surface area (TPSA) is 47.0 Å². The predicted molar refractivity (Wildman–Crippen MR) is 81.0 cm³/mol. The van der Waals surface area contributed by atoms with Crippen molar-refractivity contribution < 1.29 is 4.74 Å². The number of aromatic nitrogens is 2. The molecule has 0 saturated heterocycles. The minimum absolute atomic E-state index is 0.769. The maximum absolute atomic E-state index is 5.29. The monoisotopic (exact) mass is 271 g/mol. The average Bonchev–Trinajstić information content (AvgIpc) is 2.42. The summed E-state index contributed by atoms with van der Waals surface area (Å²) in [5, 5.41) is 3.15. The Morgan fingerprint density at radius 3 is 2.25 bits per heavy atom. The van der Waals surface area contributed by atoms with Gasteiger partial charge in [-0.2, -0.15) is 0 Å². The summed E-state index contributed by atoms with van der Waals surface area (Å²) in [6.07, 6.45) is 0. The molecule has 0 radical (unpaired) electrons. The molecular weight excluding hydrogens is 250 g/mol. The van der Waals surface area contributed by atoms with Crippen LogP contribution in [-0.2, 0) is 6.54 Å². The summed E-state index contributed by atoms with van der Waals surface area (Å²) in [6, 6.07) is 6.02. The highest BCUT2D eigenvalue weighted by atomic mass is 16.5. The highest BCUT2D eigenvalue weighted by Crippen LogP contribution is 2.25. The van der Waals surface area contributed by atoms with Crippen LogP contribution in [0.1, 0.15) is 22.5 Å². The Kier molecular flexibility index (Phi) is 4.35. The van der Waals surface area contributed by atoms with Crippen molar-refractivity contribution in [2.24, 2.45) is 0 Å². The van der Waals surface area contributed by atoms with Crippen molar-refractivity contribution in [1.29, 1.82) is 0 Å². The standard InChI is InChI=1S/C16H21N3O/c1-10-8-13(6-7-15(10)20-5)16-18-11(2)14(9-17-4)12(3)19-16/h6-8,17H,9H2,1-5H3. The van der Waals surface area contributed by atoms with Gasteiger partial charge in [-0.25, -0.2) is 9.97 Å². The molecule has 0 bridgehead atoms. The largest absolute Gasteiger partial charge is 0.496 e. The van der Waals surface area contributed by atoms with Gasteiger partial charge in [-0.15, -0.1) is 0 Å². The van der Waals surface area contributed by atoms with Gasteiger partial charge in [0.05, 0.1) is 7.11 Å². The molecule has 4 heteroatoms. The van der Waals surface area contributed by atoms with Gasteiger partial charge in [-0.1, -0.05) is 0 Å². The first-order chi connectivity index (χ1) is 9.56. The smallest absolute Gasteiger partial charge is 0.159 e. The molecule has 2 rings (SSSR count). The molecular formula is C16H21N3O. The summed E-state index contributed by atoms with van der Waals surface area (Å²) >= 11 is 0. The Labute approximate surface area is 120 Å². The van der Waals surface area contributed by atoms with Crippen LogP contribution >= 0.6 is 0 Å². The number of rotatable bonds is 4. The fourth-order valence-electron chi connectivity index (χ4n) is 2.32. The molecule has 0 unspecified atom stereocenters. The lowest BCUT2D eigenvalue weighted by Crippen LogP contribution is -2.11.